The van der Waals surface area contributed by atoms with Crippen molar-refractivity contribution in [1.29, 1.82) is 0 Å². The third-order valence-electron chi connectivity index (χ3n) is 2.87. The first kappa shape index (κ1) is 13.6. The molecule has 1 saturated heterocycles. The fourth-order valence-corrected chi connectivity index (χ4v) is 2.54. The van der Waals surface area contributed by atoms with E-state index in [0.29, 0.717) is 26.2 Å². The molecular weight excluding hydrogens is 267 g/mol. The number of aliphatic hydroxyl groups excluding tert-OH is 1. The van der Waals surface area contributed by atoms with Crippen LogP contribution in [0.25, 0.3) is 0 Å². The van der Waals surface area contributed by atoms with E-state index >= 15 is 0 Å². The maximum atomic E-state index is 12.2. The summed E-state index contributed by atoms with van der Waals surface area (Å²) >= 11 is 1.52. The summed E-state index contributed by atoms with van der Waals surface area (Å²) in [7, 11) is 0. The van der Waals surface area contributed by atoms with Crippen LogP contribution in [0.4, 0.5) is 18.3 Å². The van der Waals surface area contributed by atoms with E-state index in [1.807, 2.05) is 10.3 Å². The van der Waals surface area contributed by atoms with Crippen LogP contribution < -0.4 is 4.90 Å². The highest BCUT2D eigenvalue weighted by molar-refractivity contribution is 7.13. The highest BCUT2D eigenvalue weighted by atomic mass is 32.1. The maximum absolute atomic E-state index is 12.2. The molecule has 1 N–H and O–H groups in total. The van der Waals surface area contributed by atoms with Crippen molar-refractivity contribution in [2.75, 3.05) is 37.6 Å². The van der Waals surface area contributed by atoms with Gasteiger partial charge in [0.2, 0.25) is 0 Å². The summed E-state index contributed by atoms with van der Waals surface area (Å²) in [6.07, 6.45) is -5.09. The summed E-state index contributed by atoms with van der Waals surface area (Å²) in [6.45, 7) is 1.94. The molecule has 0 saturated carbocycles. The highest BCUT2D eigenvalue weighted by Crippen LogP contribution is 2.22. The third-order valence-corrected chi connectivity index (χ3v) is 3.70. The average molecular weight is 281 g/mol. The fraction of sp³-hybridized carbons (Fsp3) is 0.700. The summed E-state index contributed by atoms with van der Waals surface area (Å²) in [5.74, 6) is 0. The molecule has 1 aliphatic rings. The van der Waals surface area contributed by atoms with Crippen molar-refractivity contribution in [2.24, 2.45) is 0 Å². The molecule has 1 fully saturated rings. The Morgan fingerprint density at radius 3 is 2.50 bits per heavy atom. The molecule has 8 heteroatoms. The summed E-state index contributed by atoms with van der Waals surface area (Å²) in [4.78, 5) is 7.83. The Bertz CT molecular complexity index is 363. The Morgan fingerprint density at radius 1 is 1.33 bits per heavy atom. The fourth-order valence-electron chi connectivity index (χ4n) is 1.84. The van der Waals surface area contributed by atoms with E-state index in [1.165, 1.54) is 11.3 Å². The molecular formula is C10H14F3N3OS. The Morgan fingerprint density at radius 2 is 2.00 bits per heavy atom. The zero-order valence-electron chi connectivity index (χ0n) is 9.60. The number of aromatic nitrogens is 1. The molecule has 1 aliphatic heterocycles. The standard InChI is InChI=1S/C10H14F3N3OS/c11-10(12,13)8(17)7-15-2-4-16(5-3-15)9-14-1-6-18-9/h1,6,8,17H,2-5,7H2. The molecule has 0 amide bonds. The monoisotopic (exact) mass is 281 g/mol. The topological polar surface area (TPSA) is 39.6 Å². The molecule has 0 aromatic carbocycles. The van der Waals surface area contributed by atoms with Crippen LogP contribution in [0.3, 0.4) is 0 Å². The largest absolute Gasteiger partial charge is 0.415 e. The predicted octanol–water partition coefficient (Wildman–Crippen LogP) is 1.19. The van der Waals surface area contributed by atoms with E-state index in [1.54, 1.807) is 11.1 Å². The molecule has 2 rings (SSSR count). The number of thiazole rings is 1. The number of halogens is 3. The summed E-state index contributed by atoms with van der Waals surface area (Å²) in [5.41, 5.74) is 0. The van der Waals surface area contributed by atoms with Gasteiger partial charge in [0.1, 0.15) is 0 Å². The lowest BCUT2D eigenvalue weighted by atomic mass is 10.2. The van der Waals surface area contributed by atoms with Gasteiger partial charge in [-0.25, -0.2) is 4.98 Å². The lowest BCUT2D eigenvalue weighted by Crippen LogP contribution is -2.50. The van der Waals surface area contributed by atoms with Gasteiger partial charge < -0.3 is 10.0 Å². The normalized spacial score (nSPS) is 20.1. The summed E-state index contributed by atoms with van der Waals surface area (Å²) in [5, 5.41) is 11.8. The van der Waals surface area contributed by atoms with Gasteiger partial charge in [0.25, 0.3) is 0 Å². The first-order chi connectivity index (χ1) is 8.47. The van der Waals surface area contributed by atoms with E-state index in [9.17, 15) is 13.2 Å². The molecule has 2 heterocycles. The second kappa shape index (κ2) is 5.41. The van der Waals surface area contributed by atoms with E-state index in [2.05, 4.69) is 4.98 Å². The van der Waals surface area contributed by atoms with Crippen molar-refractivity contribution in [1.82, 2.24) is 9.88 Å². The number of piperazine rings is 1. The number of β-amino-alcohol motifs (C(OH)–C–C–N with tert-alkyl or cyclic N) is 1. The second-order valence-corrected chi connectivity index (χ2v) is 5.03. The molecule has 0 bridgehead atoms. The molecule has 0 spiro atoms. The Hall–Kier alpha value is -0.860. The lowest BCUT2D eigenvalue weighted by Gasteiger charge is -2.35. The van der Waals surface area contributed by atoms with Gasteiger partial charge in [0.15, 0.2) is 11.2 Å². The van der Waals surface area contributed by atoms with Crippen molar-refractivity contribution < 1.29 is 18.3 Å². The van der Waals surface area contributed by atoms with Gasteiger partial charge in [0.05, 0.1) is 0 Å². The molecule has 1 atom stereocenters. The molecule has 1 unspecified atom stereocenters. The molecule has 1 aromatic heterocycles. The molecule has 0 aliphatic carbocycles. The summed E-state index contributed by atoms with van der Waals surface area (Å²) < 4.78 is 36.6. The molecule has 18 heavy (non-hydrogen) atoms. The van der Waals surface area contributed by atoms with Gasteiger partial charge in [-0.3, -0.25) is 4.90 Å². The van der Waals surface area contributed by atoms with Crippen LogP contribution in [0, 0.1) is 0 Å². The second-order valence-electron chi connectivity index (χ2n) is 4.16. The Kier molecular flexibility index (Phi) is 4.08. The van der Waals surface area contributed by atoms with Gasteiger partial charge in [0, 0.05) is 44.3 Å². The zero-order chi connectivity index (χ0) is 13.2. The van der Waals surface area contributed by atoms with Gasteiger partial charge in [-0.15, -0.1) is 11.3 Å². The van der Waals surface area contributed by atoms with Crippen molar-refractivity contribution >= 4 is 16.5 Å². The number of hydrogen-bond donors (Lipinski definition) is 1. The number of anilines is 1. The predicted molar refractivity (Wildman–Crippen MR) is 62.8 cm³/mol. The number of hydrogen-bond acceptors (Lipinski definition) is 5. The first-order valence-electron chi connectivity index (χ1n) is 5.58. The van der Waals surface area contributed by atoms with Crippen LogP contribution in [0.1, 0.15) is 0 Å². The van der Waals surface area contributed by atoms with E-state index in [0.717, 1.165) is 5.13 Å². The van der Waals surface area contributed by atoms with E-state index in [-0.39, 0.29) is 6.54 Å². The summed E-state index contributed by atoms with van der Waals surface area (Å²) in [6, 6.07) is 0. The Balaban J connectivity index is 1.80. The SMILES string of the molecule is OC(CN1CCN(c2nccs2)CC1)C(F)(F)F. The number of rotatable bonds is 3. The number of alkyl halides is 3. The van der Waals surface area contributed by atoms with E-state index in [4.69, 9.17) is 5.11 Å². The minimum atomic E-state index is -4.54. The minimum Gasteiger partial charge on any atom is -0.382 e. The van der Waals surface area contributed by atoms with Crippen LogP contribution in [-0.4, -0.2) is 60.0 Å². The van der Waals surface area contributed by atoms with Gasteiger partial charge in [-0.05, 0) is 0 Å². The van der Waals surface area contributed by atoms with Crippen molar-refractivity contribution in [2.45, 2.75) is 12.3 Å². The van der Waals surface area contributed by atoms with Crippen LogP contribution in [0.5, 0.6) is 0 Å². The average Bonchev–Trinajstić information content (AvgIpc) is 2.82. The van der Waals surface area contributed by atoms with Crippen LogP contribution in [0.2, 0.25) is 0 Å². The minimum absolute atomic E-state index is 0.352. The van der Waals surface area contributed by atoms with Gasteiger partial charge >= 0.3 is 6.18 Å². The van der Waals surface area contributed by atoms with Gasteiger partial charge in [-0.2, -0.15) is 13.2 Å². The van der Waals surface area contributed by atoms with Crippen molar-refractivity contribution in [3.8, 4) is 0 Å². The smallest absolute Gasteiger partial charge is 0.382 e. The lowest BCUT2D eigenvalue weighted by molar-refractivity contribution is -0.208. The van der Waals surface area contributed by atoms with Gasteiger partial charge in [-0.1, -0.05) is 0 Å². The Labute approximate surface area is 107 Å². The molecule has 4 nitrogen and oxygen atoms in total. The zero-order valence-corrected chi connectivity index (χ0v) is 10.4. The van der Waals surface area contributed by atoms with Crippen LogP contribution in [0.15, 0.2) is 11.6 Å². The first-order valence-corrected chi connectivity index (χ1v) is 6.46. The number of aliphatic hydroxyl groups is 1. The molecule has 0 radical (unpaired) electrons. The van der Waals surface area contributed by atoms with Crippen molar-refractivity contribution in [3.05, 3.63) is 11.6 Å². The number of nitrogens with zero attached hydrogens (tertiary/aromatic N) is 3. The van der Waals surface area contributed by atoms with Crippen molar-refractivity contribution in [3.63, 3.8) is 0 Å². The van der Waals surface area contributed by atoms with E-state index < -0.39 is 12.3 Å². The third kappa shape index (κ3) is 3.33. The quantitative estimate of drug-likeness (QED) is 0.903. The van der Waals surface area contributed by atoms with Crippen LogP contribution >= 0.6 is 11.3 Å². The molecule has 1 aromatic rings. The maximum Gasteiger partial charge on any atom is 0.415 e. The molecule has 102 valence electrons. The highest BCUT2D eigenvalue weighted by Gasteiger charge is 2.39. The van der Waals surface area contributed by atoms with Crippen LogP contribution in [-0.2, 0) is 0 Å².